The summed E-state index contributed by atoms with van der Waals surface area (Å²) in [7, 11) is 0. The fraction of sp³-hybridized carbons (Fsp3) is 1.00. The maximum atomic E-state index is 6.00. The van der Waals surface area contributed by atoms with Crippen LogP contribution in [0.5, 0.6) is 0 Å². The van der Waals surface area contributed by atoms with E-state index in [1.807, 2.05) is 0 Å². The Morgan fingerprint density at radius 3 is 2.31 bits per heavy atom. The third kappa shape index (κ3) is 7.74. The molecule has 2 N–H and O–H groups in total. The summed E-state index contributed by atoms with van der Waals surface area (Å²) in [6.45, 7) is 6.80. The lowest BCUT2D eigenvalue weighted by Gasteiger charge is -2.18. The van der Waals surface area contributed by atoms with Crippen LogP contribution in [0.4, 0.5) is 0 Å². The molecule has 0 amide bonds. The summed E-state index contributed by atoms with van der Waals surface area (Å²) in [6, 6.07) is 0.427. The summed E-state index contributed by atoms with van der Waals surface area (Å²) in [4.78, 5) is 0. The van der Waals surface area contributed by atoms with Crippen molar-refractivity contribution in [3.63, 3.8) is 0 Å². The molecule has 0 aliphatic rings. The number of rotatable bonds is 7. The molecule has 0 fully saturated rings. The summed E-state index contributed by atoms with van der Waals surface area (Å²) in [5.74, 6) is 0.857. The zero-order chi connectivity index (χ0) is 10.3. The van der Waals surface area contributed by atoms with Crippen LogP contribution < -0.4 is 5.73 Å². The highest BCUT2D eigenvalue weighted by Crippen LogP contribution is 2.21. The Morgan fingerprint density at radius 2 is 1.85 bits per heavy atom. The number of hydrogen-bond acceptors (Lipinski definition) is 1. The van der Waals surface area contributed by atoms with Gasteiger partial charge in [0.25, 0.3) is 0 Å². The fourth-order valence-corrected chi connectivity index (χ4v) is 3.04. The second kappa shape index (κ2) is 8.04. The van der Waals surface area contributed by atoms with E-state index in [9.17, 15) is 0 Å². The molecule has 0 rings (SSSR count). The molecule has 0 saturated heterocycles. The van der Waals surface area contributed by atoms with Crippen LogP contribution in [-0.4, -0.2) is 9.97 Å². The lowest BCUT2D eigenvalue weighted by atomic mass is 9.98. The van der Waals surface area contributed by atoms with E-state index in [2.05, 4.69) is 43.4 Å². The highest BCUT2D eigenvalue weighted by atomic mass is 127. The molecule has 13 heavy (non-hydrogen) atoms. The maximum Gasteiger partial charge on any atom is 0.0127 e. The second-order valence-electron chi connectivity index (χ2n) is 4.13. The quantitative estimate of drug-likeness (QED) is 0.562. The Balaban J connectivity index is 3.54. The van der Waals surface area contributed by atoms with Gasteiger partial charge in [-0.05, 0) is 25.2 Å². The van der Waals surface area contributed by atoms with Gasteiger partial charge in [0.1, 0.15) is 0 Å². The van der Waals surface area contributed by atoms with Gasteiger partial charge in [-0.1, -0.05) is 56.2 Å². The minimum atomic E-state index is 0.427. The van der Waals surface area contributed by atoms with Gasteiger partial charge in [0.05, 0.1) is 0 Å². The minimum absolute atomic E-state index is 0.427. The molecule has 2 heteroatoms. The molecule has 0 aliphatic heterocycles. The Bertz CT molecular complexity index is 117. The van der Waals surface area contributed by atoms with E-state index in [0.29, 0.717) is 6.04 Å². The molecule has 3 atom stereocenters. The lowest BCUT2D eigenvalue weighted by molar-refractivity contribution is 0.469. The van der Waals surface area contributed by atoms with E-state index in [1.165, 1.54) is 32.1 Å². The van der Waals surface area contributed by atoms with Crippen molar-refractivity contribution in [3.05, 3.63) is 0 Å². The van der Waals surface area contributed by atoms with E-state index in [0.717, 1.165) is 9.84 Å². The molecule has 0 heterocycles. The molecular formula is C11H24IN. The molecule has 1 nitrogen and oxygen atoms in total. The first-order valence-corrected chi connectivity index (χ1v) is 6.74. The van der Waals surface area contributed by atoms with Gasteiger partial charge in [-0.3, -0.25) is 0 Å². The molecule has 80 valence electrons. The molecule has 0 saturated carbocycles. The van der Waals surface area contributed by atoms with Gasteiger partial charge in [-0.2, -0.15) is 0 Å². The van der Waals surface area contributed by atoms with Gasteiger partial charge < -0.3 is 5.73 Å². The smallest absolute Gasteiger partial charge is 0.0127 e. The zero-order valence-corrected chi connectivity index (χ0v) is 11.4. The van der Waals surface area contributed by atoms with Crippen LogP contribution >= 0.6 is 22.6 Å². The van der Waals surface area contributed by atoms with E-state index >= 15 is 0 Å². The Hall–Kier alpha value is 0.690. The molecule has 0 aromatic heterocycles. The van der Waals surface area contributed by atoms with Crippen molar-refractivity contribution in [1.82, 2.24) is 0 Å². The highest BCUT2D eigenvalue weighted by molar-refractivity contribution is 14.1. The number of alkyl halides is 1. The van der Waals surface area contributed by atoms with Crippen molar-refractivity contribution < 1.29 is 0 Å². The molecule has 0 aromatic rings. The van der Waals surface area contributed by atoms with Crippen LogP contribution in [0.1, 0.15) is 52.9 Å². The predicted octanol–water partition coefficient (Wildman–Crippen LogP) is 3.74. The van der Waals surface area contributed by atoms with Crippen molar-refractivity contribution in [2.45, 2.75) is 62.8 Å². The van der Waals surface area contributed by atoms with Crippen molar-refractivity contribution in [2.75, 3.05) is 0 Å². The first-order chi connectivity index (χ1) is 6.10. The molecule has 0 aliphatic carbocycles. The SMILES string of the molecule is CCCC(N)CC(I)CC(C)CC. The normalized spacial score (nSPS) is 18.2. The second-order valence-corrected chi connectivity index (χ2v) is 5.89. The van der Waals surface area contributed by atoms with E-state index < -0.39 is 0 Å². The minimum Gasteiger partial charge on any atom is -0.328 e. The Kier molecular flexibility index (Phi) is 8.46. The van der Waals surface area contributed by atoms with Gasteiger partial charge in [0, 0.05) is 9.97 Å². The van der Waals surface area contributed by atoms with Gasteiger partial charge >= 0.3 is 0 Å². The summed E-state index contributed by atoms with van der Waals surface area (Å²) >= 11 is 2.55. The number of halogens is 1. The summed E-state index contributed by atoms with van der Waals surface area (Å²) in [5, 5.41) is 0. The topological polar surface area (TPSA) is 26.0 Å². The molecule has 0 spiro atoms. The number of hydrogen-bond donors (Lipinski definition) is 1. The van der Waals surface area contributed by atoms with Gasteiger partial charge in [0.2, 0.25) is 0 Å². The maximum absolute atomic E-state index is 6.00. The van der Waals surface area contributed by atoms with Crippen molar-refractivity contribution >= 4 is 22.6 Å². The summed E-state index contributed by atoms with van der Waals surface area (Å²) < 4.78 is 0.772. The van der Waals surface area contributed by atoms with Crippen LogP contribution in [0.25, 0.3) is 0 Å². The molecule has 0 bridgehead atoms. The molecular weight excluding hydrogens is 273 g/mol. The molecule has 0 radical (unpaired) electrons. The average molecular weight is 297 g/mol. The largest absolute Gasteiger partial charge is 0.328 e. The van der Waals surface area contributed by atoms with Crippen LogP contribution in [-0.2, 0) is 0 Å². The van der Waals surface area contributed by atoms with Crippen LogP contribution in [0.15, 0.2) is 0 Å². The van der Waals surface area contributed by atoms with Crippen LogP contribution in [0, 0.1) is 5.92 Å². The van der Waals surface area contributed by atoms with E-state index in [4.69, 9.17) is 5.73 Å². The van der Waals surface area contributed by atoms with Gasteiger partial charge in [-0.15, -0.1) is 0 Å². The standard InChI is InChI=1S/C11H24IN/c1-4-6-11(13)8-10(12)7-9(3)5-2/h9-11H,4-8,13H2,1-3H3. The van der Waals surface area contributed by atoms with Crippen molar-refractivity contribution in [1.29, 1.82) is 0 Å². The zero-order valence-electron chi connectivity index (χ0n) is 9.22. The first-order valence-electron chi connectivity index (χ1n) is 5.49. The third-order valence-electron chi connectivity index (χ3n) is 2.57. The lowest BCUT2D eigenvalue weighted by Crippen LogP contribution is -2.24. The summed E-state index contributed by atoms with van der Waals surface area (Å²) in [6.07, 6.45) is 6.21. The third-order valence-corrected chi connectivity index (χ3v) is 3.59. The molecule has 3 unspecified atom stereocenters. The Morgan fingerprint density at radius 1 is 1.23 bits per heavy atom. The van der Waals surface area contributed by atoms with Crippen molar-refractivity contribution in [2.24, 2.45) is 11.7 Å². The Labute approximate surface area is 97.0 Å². The van der Waals surface area contributed by atoms with Crippen LogP contribution in [0.2, 0.25) is 0 Å². The predicted molar refractivity (Wildman–Crippen MR) is 69.4 cm³/mol. The van der Waals surface area contributed by atoms with Gasteiger partial charge in [0.15, 0.2) is 0 Å². The van der Waals surface area contributed by atoms with Gasteiger partial charge in [-0.25, -0.2) is 0 Å². The monoisotopic (exact) mass is 297 g/mol. The van der Waals surface area contributed by atoms with E-state index in [1.54, 1.807) is 0 Å². The average Bonchev–Trinajstić information content (AvgIpc) is 2.04. The highest BCUT2D eigenvalue weighted by Gasteiger charge is 2.12. The van der Waals surface area contributed by atoms with Crippen LogP contribution in [0.3, 0.4) is 0 Å². The van der Waals surface area contributed by atoms with Crippen molar-refractivity contribution in [3.8, 4) is 0 Å². The number of nitrogens with two attached hydrogens (primary N) is 1. The van der Waals surface area contributed by atoms with E-state index in [-0.39, 0.29) is 0 Å². The summed E-state index contributed by atoms with van der Waals surface area (Å²) in [5.41, 5.74) is 6.00. The fourth-order valence-electron chi connectivity index (χ4n) is 1.52. The first kappa shape index (κ1) is 13.7. The molecule has 0 aromatic carbocycles.